The maximum atomic E-state index is 14.2. The molecular formula is C16H18FNO3S. The van der Waals surface area contributed by atoms with E-state index in [1.54, 1.807) is 6.07 Å². The highest BCUT2D eigenvalue weighted by Crippen LogP contribution is 2.35. The van der Waals surface area contributed by atoms with Gasteiger partial charge in [0.05, 0.1) is 13.2 Å². The number of ether oxygens (including phenoxy) is 1. The van der Waals surface area contributed by atoms with Crippen molar-refractivity contribution in [3.8, 4) is 0 Å². The normalized spacial score (nSPS) is 19.5. The van der Waals surface area contributed by atoms with Crippen LogP contribution in [-0.2, 0) is 11.3 Å². The third kappa shape index (κ3) is 2.86. The Morgan fingerprint density at radius 2 is 2.36 bits per heavy atom. The van der Waals surface area contributed by atoms with Crippen LogP contribution in [0.5, 0.6) is 0 Å². The molecule has 0 amide bonds. The van der Waals surface area contributed by atoms with E-state index < -0.39 is 5.97 Å². The summed E-state index contributed by atoms with van der Waals surface area (Å²) in [5.41, 5.74) is 0.666. The van der Waals surface area contributed by atoms with Crippen molar-refractivity contribution in [2.75, 3.05) is 20.2 Å². The van der Waals surface area contributed by atoms with Crippen molar-refractivity contribution in [1.29, 1.82) is 0 Å². The minimum Gasteiger partial charge on any atom is -0.465 e. The van der Waals surface area contributed by atoms with Crippen LogP contribution < -0.4 is 0 Å². The van der Waals surface area contributed by atoms with Crippen LogP contribution >= 0.6 is 11.3 Å². The number of thiophene rings is 1. The molecule has 1 unspecified atom stereocenters. The molecule has 1 aliphatic rings. The van der Waals surface area contributed by atoms with Crippen LogP contribution in [0.3, 0.4) is 0 Å². The average molecular weight is 323 g/mol. The summed E-state index contributed by atoms with van der Waals surface area (Å²) in [7, 11) is 1.33. The van der Waals surface area contributed by atoms with Crippen molar-refractivity contribution in [2.24, 2.45) is 0 Å². The molecule has 1 aromatic heterocycles. The number of hydrogen-bond donors (Lipinski definition) is 1. The number of rotatable bonds is 3. The van der Waals surface area contributed by atoms with Gasteiger partial charge < -0.3 is 9.84 Å². The van der Waals surface area contributed by atoms with Gasteiger partial charge in [-0.3, -0.25) is 4.90 Å². The third-order valence-electron chi connectivity index (χ3n) is 4.00. The first kappa shape index (κ1) is 15.4. The Kier molecular flexibility index (Phi) is 4.42. The van der Waals surface area contributed by atoms with Crippen LogP contribution in [0.1, 0.15) is 28.1 Å². The Hall–Kier alpha value is -1.50. The first-order valence-corrected chi connectivity index (χ1v) is 8.10. The summed E-state index contributed by atoms with van der Waals surface area (Å²) >= 11 is 1.26. The predicted octanol–water partition coefficient (Wildman–Crippen LogP) is 2.78. The summed E-state index contributed by atoms with van der Waals surface area (Å²) in [5, 5.41) is 10.3. The summed E-state index contributed by atoms with van der Waals surface area (Å²) in [4.78, 5) is 14.5. The number of nitrogens with zero attached hydrogens (tertiary/aromatic N) is 1. The number of benzene rings is 1. The maximum Gasteiger partial charge on any atom is 0.348 e. The lowest BCUT2D eigenvalue weighted by atomic mass is 10.1. The van der Waals surface area contributed by atoms with Crippen molar-refractivity contribution >= 4 is 27.4 Å². The number of halogens is 1. The summed E-state index contributed by atoms with van der Waals surface area (Å²) in [6, 6.07) is 4.86. The highest BCUT2D eigenvalue weighted by molar-refractivity contribution is 7.21. The van der Waals surface area contributed by atoms with E-state index >= 15 is 0 Å². The second kappa shape index (κ2) is 6.32. The number of piperidine rings is 1. The molecule has 6 heteroatoms. The Labute approximate surface area is 132 Å². The number of aliphatic hydroxyl groups excluding tert-OH is 1. The number of esters is 1. The first-order valence-electron chi connectivity index (χ1n) is 7.28. The van der Waals surface area contributed by atoms with Gasteiger partial charge in [-0.1, -0.05) is 6.07 Å². The second-order valence-electron chi connectivity index (χ2n) is 5.55. The highest BCUT2D eigenvalue weighted by atomic mass is 32.1. The lowest BCUT2D eigenvalue weighted by Gasteiger charge is -2.30. The largest absolute Gasteiger partial charge is 0.465 e. The van der Waals surface area contributed by atoms with Gasteiger partial charge in [-0.05, 0) is 31.5 Å². The van der Waals surface area contributed by atoms with Crippen molar-refractivity contribution < 1.29 is 19.0 Å². The minimum absolute atomic E-state index is 0.323. The van der Waals surface area contributed by atoms with Gasteiger partial charge in [0.2, 0.25) is 0 Å². The summed E-state index contributed by atoms with van der Waals surface area (Å²) < 4.78 is 19.8. The molecule has 1 atom stereocenters. The Bertz CT molecular complexity index is 700. The van der Waals surface area contributed by atoms with E-state index in [1.807, 2.05) is 6.07 Å². The molecule has 1 N–H and O–H groups in total. The van der Waals surface area contributed by atoms with Gasteiger partial charge in [0.1, 0.15) is 10.7 Å². The van der Waals surface area contributed by atoms with Gasteiger partial charge >= 0.3 is 5.97 Å². The number of likely N-dealkylation sites (tertiary alicyclic amines) is 1. The summed E-state index contributed by atoms with van der Waals surface area (Å²) in [5.74, 6) is -0.760. The van der Waals surface area contributed by atoms with Crippen LogP contribution in [0.2, 0.25) is 0 Å². The van der Waals surface area contributed by atoms with Crippen molar-refractivity contribution in [2.45, 2.75) is 25.5 Å². The zero-order valence-electron chi connectivity index (χ0n) is 12.3. The fourth-order valence-electron chi connectivity index (χ4n) is 2.97. The number of carbonyl (C=O) groups excluding carboxylic acids is 1. The molecule has 4 nitrogen and oxygen atoms in total. The zero-order chi connectivity index (χ0) is 15.7. The fraction of sp³-hybridized carbons (Fsp3) is 0.438. The molecular weight excluding hydrogens is 305 g/mol. The molecule has 0 saturated carbocycles. The number of β-amino-alcohol motifs (C(OH)–C–C–N with tert-alkyl or cyclic N) is 1. The molecule has 2 heterocycles. The number of fused-ring (bicyclic) bond motifs is 1. The molecule has 1 saturated heterocycles. The second-order valence-corrected chi connectivity index (χ2v) is 6.60. The third-order valence-corrected chi connectivity index (χ3v) is 5.17. The molecule has 2 aromatic rings. The van der Waals surface area contributed by atoms with Crippen molar-refractivity contribution in [3.05, 3.63) is 34.5 Å². The topological polar surface area (TPSA) is 49.8 Å². The van der Waals surface area contributed by atoms with E-state index in [0.717, 1.165) is 24.1 Å². The Morgan fingerprint density at radius 3 is 3.09 bits per heavy atom. The van der Waals surface area contributed by atoms with Gasteiger partial charge in [0, 0.05) is 28.7 Å². The zero-order valence-corrected chi connectivity index (χ0v) is 13.2. The molecule has 1 aromatic carbocycles. The summed E-state index contributed by atoms with van der Waals surface area (Å²) in [6.07, 6.45) is 1.34. The van der Waals surface area contributed by atoms with Crippen LogP contribution in [0, 0.1) is 5.82 Å². The Balaban J connectivity index is 2.03. The van der Waals surface area contributed by atoms with Gasteiger partial charge in [0.15, 0.2) is 0 Å². The monoisotopic (exact) mass is 323 g/mol. The van der Waals surface area contributed by atoms with E-state index in [9.17, 15) is 14.3 Å². The quantitative estimate of drug-likeness (QED) is 0.883. The van der Waals surface area contributed by atoms with E-state index in [2.05, 4.69) is 4.90 Å². The molecule has 1 aliphatic heterocycles. The molecule has 1 fully saturated rings. The van der Waals surface area contributed by atoms with Gasteiger partial charge in [-0.25, -0.2) is 9.18 Å². The molecule has 0 aliphatic carbocycles. The van der Waals surface area contributed by atoms with Crippen LogP contribution in [0.25, 0.3) is 10.1 Å². The molecule has 0 radical (unpaired) electrons. The van der Waals surface area contributed by atoms with E-state index in [1.165, 1.54) is 24.5 Å². The number of methoxy groups -OCH3 is 1. The summed E-state index contributed by atoms with van der Waals surface area (Å²) in [6.45, 7) is 1.83. The van der Waals surface area contributed by atoms with E-state index in [0.29, 0.717) is 28.9 Å². The Morgan fingerprint density at radius 1 is 1.55 bits per heavy atom. The van der Waals surface area contributed by atoms with E-state index in [4.69, 9.17) is 4.74 Å². The standard InChI is InChI=1S/C16H18FNO3S/c1-21-16(20)15-11(9-18-7-3-4-10(19)8-18)14-12(17)5-2-6-13(14)22-15/h2,5-6,10,19H,3-4,7-9H2,1H3. The minimum atomic E-state index is -0.437. The lowest BCUT2D eigenvalue weighted by Crippen LogP contribution is -2.37. The molecule has 0 spiro atoms. The SMILES string of the molecule is COC(=O)c1sc2cccc(F)c2c1CN1CCCC(O)C1. The van der Waals surface area contributed by atoms with Crippen molar-refractivity contribution in [1.82, 2.24) is 4.90 Å². The van der Waals surface area contributed by atoms with E-state index in [-0.39, 0.29) is 11.9 Å². The molecule has 22 heavy (non-hydrogen) atoms. The molecule has 118 valence electrons. The van der Waals surface area contributed by atoms with Crippen LogP contribution in [0.15, 0.2) is 18.2 Å². The highest BCUT2D eigenvalue weighted by Gasteiger charge is 2.25. The van der Waals surface area contributed by atoms with Gasteiger partial charge in [-0.15, -0.1) is 11.3 Å². The maximum absolute atomic E-state index is 14.2. The smallest absolute Gasteiger partial charge is 0.348 e. The van der Waals surface area contributed by atoms with Gasteiger partial charge in [0.25, 0.3) is 0 Å². The molecule has 0 bridgehead atoms. The van der Waals surface area contributed by atoms with Crippen LogP contribution in [-0.4, -0.2) is 42.3 Å². The number of carbonyl (C=O) groups is 1. The first-order chi connectivity index (χ1) is 10.6. The number of hydrogen-bond acceptors (Lipinski definition) is 5. The van der Waals surface area contributed by atoms with Crippen molar-refractivity contribution in [3.63, 3.8) is 0 Å². The lowest BCUT2D eigenvalue weighted by molar-refractivity contribution is 0.0594. The molecule has 3 rings (SSSR count). The fourth-order valence-corrected chi connectivity index (χ4v) is 4.12. The van der Waals surface area contributed by atoms with Gasteiger partial charge in [-0.2, -0.15) is 0 Å². The predicted molar refractivity (Wildman–Crippen MR) is 83.6 cm³/mol. The number of aliphatic hydroxyl groups is 1. The van der Waals surface area contributed by atoms with Crippen LogP contribution in [0.4, 0.5) is 4.39 Å². The average Bonchev–Trinajstić information content (AvgIpc) is 2.86.